The van der Waals surface area contributed by atoms with Gasteiger partial charge in [0.1, 0.15) is 11.9 Å². The lowest BCUT2D eigenvalue weighted by Crippen LogP contribution is -2.37. The van der Waals surface area contributed by atoms with Crippen molar-refractivity contribution in [3.63, 3.8) is 0 Å². The van der Waals surface area contributed by atoms with E-state index in [2.05, 4.69) is 32.0 Å². The van der Waals surface area contributed by atoms with E-state index in [0.717, 1.165) is 31.6 Å². The Morgan fingerprint density at radius 2 is 2.26 bits per heavy atom. The number of aryl methyl sites for hydroxylation is 1. The van der Waals surface area contributed by atoms with Gasteiger partial charge in [-0.25, -0.2) is 0 Å². The van der Waals surface area contributed by atoms with Crippen molar-refractivity contribution in [3.8, 4) is 5.75 Å². The number of benzene rings is 1. The predicted octanol–water partition coefficient (Wildman–Crippen LogP) is 2.48. The third-order valence-electron chi connectivity index (χ3n) is 4.74. The Hall–Kier alpha value is -1.06. The fraction of sp³-hybridized carbons (Fsp3) is 0.625. The molecule has 3 nitrogen and oxygen atoms in total. The molecule has 19 heavy (non-hydrogen) atoms. The largest absolute Gasteiger partial charge is 0.490 e. The maximum absolute atomic E-state index is 9.77. The summed E-state index contributed by atoms with van der Waals surface area (Å²) in [6.45, 7) is 5.11. The molecule has 2 aliphatic heterocycles. The van der Waals surface area contributed by atoms with Crippen LogP contribution in [0.15, 0.2) is 18.2 Å². The zero-order valence-corrected chi connectivity index (χ0v) is 11.7. The van der Waals surface area contributed by atoms with Gasteiger partial charge in [0.2, 0.25) is 0 Å². The molecule has 104 valence electrons. The minimum atomic E-state index is -0.123. The fourth-order valence-corrected chi connectivity index (χ4v) is 3.38. The Balaban J connectivity index is 1.73. The summed E-state index contributed by atoms with van der Waals surface area (Å²) in [7, 11) is 0. The molecule has 0 aromatic heterocycles. The summed E-state index contributed by atoms with van der Waals surface area (Å²) in [5, 5.41) is 9.77. The molecular formula is C16H22O3. The van der Waals surface area contributed by atoms with Crippen molar-refractivity contribution in [1.29, 1.82) is 0 Å². The SMILES string of the molecule is Cc1ccc2c(c1)CC(CC1(CO)CCOC1C)O2. The number of aliphatic hydroxyl groups excluding tert-OH is 1. The van der Waals surface area contributed by atoms with Crippen LogP contribution in [0.2, 0.25) is 0 Å². The first-order chi connectivity index (χ1) is 9.13. The molecule has 0 spiro atoms. The van der Waals surface area contributed by atoms with E-state index in [0.29, 0.717) is 0 Å². The highest BCUT2D eigenvalue weighted by Crippen LogP contribution is 2.42. The smallest absolute Gasteiger partial charge is 0.123 e. The number of aliphatic hydroxyl groups is 1. The van der Waals surface area contributed by atoms with Crippen molar-refractivity contribution in [2.24, 2.45) is 5.41 Å². The highest BCUT2D eigenvalue weighted by Gasteiger charge is 2.44. The topological polar surface area (TPSA) is 38.7 Å². The van der Waals surface area contributed by atoms with Crippen molar-refractivity contribution in [2.75, 3.05) is 13.2 Å². The van der Waals surface area contributed by atoms with E-state index in [-0.39, 0.29) is 24.2 Å². The van der Waals surface area contributed by atoms with Gasteiger partial charge in [-0.05, 0) is 38.3 Å². The zero-order chi connectivity index (χ0) is 13.5. The van der Waals surface area contributed by atoms with Crippen molar-refractivity contribution in [1.82, 2.24) is 0 Å². The van der Waals surface area contributed by atoms with Crippen molar-refractivity contribution < 1.29 is 14.6 Å². The standard InChI is InChI=1S/C16H22O3/c1-11-3-4-15-13(7-11)8-14(19-15)9-16(10-17)5-6-18-12(16)2/h3-4,7,12,14,17H,5-6,8-10H2,1-2H3. The van der Waals surface area contributed by atoms with Gasteiger partial charge in [-0.15, -0.1) is 0 Å². The van der Waals surface area contributed by atoms with Crippen LogP contribution >= 0.6 is 0 Å². The Morgan fingerprint density at radius 3 is 2.95 bits per heavy atom. The molecule has 1 aromatic rings. The third-order valence-corrected chi connectivity index (χ3v) is 4.74. The minimum Gasteiger partial charge on any atom is -0.490 e. The molecule has 1 fully saturated rings. The van der Waals surface area contributed by atoms with Gasteiger partial charge in [0, 0.05) is 18.4 Å². The summed E-state index contributed by atoms with van der Waals surface area (Å²) in [6, 6.07) is 6.35. The van der Waals surface area contributed by atoms with Gasteiger partial charge in [0.25, 0.3) is 0 Å². The Labute approximate surface area is 114 Å². The van der Waals surface area contributed by atoms with E-state index < -0.39 is 0 Å². The van der Waals surface area contributed by atoms with Crippen molar-refractivity contribution >= 4 is 0 Å². The van der Waals surface area contributed by atoms with Crippen LogP contribution in [0.4, 0.5) is 0 Å². The van der Waals surface area contributed by atoms with E-state index in [9.17, 15) is 5.11 Å². The maximum Gasteiger partial charge on any atom is 0.123 e. The summed E-state index contributed by atoms with van der Waals surface area (Å²) in [4.78, 5) is 0. The lowest BCUT2D eigenvalue weighted by atomic mass is 9.77. The van der Waals surface area contributed by atoms with Gasteiger partial charge < -0.3 is 14.6 Å². The first kappa shape index (κ1) is 12.9. The van der Waals surface area contributed by atoms with Crippen LogP contribution in [0.1, 0.15) is 30.9 Å². The molecule has 1 aromatic carbocycles. The maximum atomic E-state index is 9.77. The second-order valence-corrected chi connectivity index (χ2v) is 6.04. The number of ether oxygens (including phenoxy) is 2. The first-order valence-electron chi connectivity index (χ1n) is 7.12. The molecule has 2 aliphatic rings. The molecule has 3 heteroatoms. The molecule has 3 atom stereocenters. The molecule has 2 heterocycles. The number of fused-ring (bicyclic) bond motifs is 1. The van der Waals surface area contributed by atoms with Crippen LogP contribution in [-0.4, -0.2) is 30.5 Å². The molecule has 3 unspecified atom stereocenters. The van der Waals surface area contributed by atoms with Gasteiger partial charge in [0.05, 0.1) is 12.7 Å². The monoisotopic (exact) mass is 262 g/mol. The number of hydrogen-bond acceptors (Lipinski definition) is 3. The molecule has 0 amide bonds. The van der Waals surface area contributed by atoms with Crippen LogP contribution in [0.3, 0.4) is 0 Å². The average molecular weight is 262 g/mol. The first-order valence-corrected chi connectivity index (χ1v) is 7.12. The second-order valence-electron chi connectivity index (χ2n) is 6.04. The average Bonchev–Trinajstić information content (AvgIpc) is 2.94. The summed E-state index contributed by atoms with van der Waals surface area (Å²) in [5.74, 6) is 1.01. The van der Waals surface area contributed by atoms with Crippen LogP contribution in [-0.2, 0) is 11.2 Å². The summed E-state index contributed by atoms with van der Waals surface area (Å²) in [5.41, 5.74) is 2.45. The number of hydrogen-bond donors (Lipinski definition) is 1. The summed E-state index contributed by atoms with van der Waals surface area (Å²) >= 11 is 0. The molecule has 3 rings (SSSR count). The summed E-state index contributed by atoms with van der Waals surface area (Å²) < 4.78 is 11.7. The molecule has 0 radical (unpaired) electrons. The van der Waals surface area contributed by atoms with Gasteiger partial charge in [-0.2, -0.15) is 0 Å². The molecular weight excluding hydrogens is 240 g/mol. The molecule has 0 saturated carbocycles. The lowest BCUT2D eigenvalue weighted by molar-refractivity contribution is 0.00137. The van der Waals surface area contributed by atoms with Gasteiger partial charge in [0.15, 0.2) is 0 Å². The fourth-order valence-electron chi connectivity index (χ4n) is 3.38. The minimum absolute atomic E-state index is 0.117. The molecule has 1 saturated heterocycles. The second kappa shape index (κ2) is 4.80. The Kier molecular flexibility index (Phi) is 3.27. The van der Waals surface area contributed by atoms with Gasteiger partial charge >= 0.3 is 0 Å². The number of rotatable bonds is 3. The molecule has 0 aliphatic carbocycles. The van der Waals surface area contributed by atoms with Crippen molar-refractivity contribution in [2.45, 2.75) is 45.3 Å². The zero-order valence-electron chi connectivity index (χ0n) is 11.7. The van der Waals surface area contributed by atoms with Crippen LogP contribution in [0.5, 0.6) is 5.75 Å². The van der Waals surface area contributed by atoms with E-state index >= 15 is 0 Å². The Morgan fingerprint density at radius 1 is 1.42 bits per heavy atom. The molecule has 1 N–H and O–H groups in total. The third kappa shape index (κ3) is 2.26. The highest BCUT2D eigenvalue weighted by molar-refractivity contribution is 5.40. The molecule has 0 bridgehead atoms. The van der Waals surface area contributed by atoms with E-state index in [1.165, 1.54) is 11.1 Å². The quantitative estimate of drug-likeness (QED) is 0.909. The van der Waals surface area contributed by atoms with Gasteiger partial charge in [-0.3, -0.25) is 0 Å². The summed E-state index contributed by atoms with van der Waals surface area (Å²) in [6.07, 6.45) is 3.05. The van der Waals surface area contributed by atoms with Crippen LogP contribution < -0.4 is 4.74 Å². The predicted molar refractivity (Wildman–Crippen MR) is 73.5 cm³/mol. The Bertz CT molecular complexity index is 471. The van der Waals surface area contributed by atoms with Crippen molar-refractivity contribution in [3.05, 3.63) is 29.3 Å². The van der Waals surface area contributed by atoms with Crippen LogP contribution in [0.25, 0.3) is 0 Å². The lowest BCUT2D eigenvalue weighted by Gasteiger charge is -2.32. The van der Waals surface area contributed by atoms with E-state index in [1.807, 2.05) is 0 Å². The van der Waals surface area contributed by atoms with E-state index in [1.54, 1.807) is 0 Å². The van der Waals surface area contributed by atoms with E-state index in [4.69, 9.17) is 9.47 Å². The highest BCUT2D eigenvalue weighted by atomic mass is 16.5. The van der Waals surface area contributed by atoms with Gasteiger partial charge in [-0.1, -0.05) is 17.7 Å². The normalized spacial score (nSPS) is 33.2. The van der Waals surface area contributed by atoms with Crippen LogP contribution in [0, 0.1) is 12.3 Å².